The van der Waals surface area contributed by atoms with E-state index in [0.29, 0.717) is 5.31 Å². The smallest absolute Gasteiger partial charge is 0.118 e. The van der Waals surface area contributed by atoms with Crippen molar-refractivity contribution < 1.29 is 0 Å². The van der Waals surface area contributed by atoms with Gasteiger partial charge in [0, 0.05) is 11.1 Å². The van der Waals surface area contributed by atoms with Crippen LogP contribution in [0.1, 0.15) is 68.7 Å². The third-order valence-electron chi connectivity index (χ3n) is 3.52. The molecule has 3 heteroatoms. The Morgan fingerprint density at radius 3 is 2.47 bits per heavy atom. The zero-order chi connectivity index (χ0) is 12.7. The fraction of sp³-hybridized carbons (Fsp3) is 0.786. The van der Waals surface area contributed by atoms with E-state index in [1.165, 1.54) is 54.8 Å². The summed E-state index contributed by atoms with van der Waals surface area (Å²) in [6, 6.07) is 0. The van der Waals surface area contributed by atoms with Gasteiger partial charge in [0.25, 0.3) is 0 Å². The summed E-state index contributed by atoms with van der Waals surface area (Å²) in [5, 5.41) is 1.68. The molecular formula is C14H26BNS. The average Bonchev–Trinajstić information content (AvgIpc) is 2.72. The Labute approximate surface area is 111 Å². The summed E-state index contributed by atoms with van der Waals surface area (Å²) >= 11 is 1.89. The molecule has 0 spiro atoms. The van der Waals surface area contributed by atoms with Crippen LogP contribution in [0.3, 0.4) is 0 Å². The molecular weight excluding hydrogens is 225 g/mol. The normalized spacial score (nSPS) is 14.8. The van der Waals surface area contributed by atoms with Crippen LogP contribution in [0, 0.1) is 6.92 Å². The lowest BCUT2D eigenvalue weighted by atomic mass is 9.63. The summed E-state index contributed by atoms with van der Waals surface area (Å²) in [5.74, 6) is 0. The summed E-state index contributed by atoms with van der Waals surface area (Å²) in [7, 11) is 2.40. The third-order valence-corrected chi connectivity index (χ3v) is 4.74. The quantitative estimate of drug-likeness (QED) is 0.501. The van der Waals surface area contributed by atoms with Crippen molar-refractivity contribution in [1.29, 1.82) is 0 Å². The van der Waals surface area contributed by atoms with Crippen LogP contribution in [0.4, 0.5) is 0 Å². The third kappa shape index (κ3) is 4.46. The first-order valence-electron chi connectivity index (χ1n) is 7.05. The van der Waals surface area contributed by atoms with Gasteiger partial charge < -0.3 is 0 Å². The van der Waals surface area contributed by atoms with Crippen LogP contribution in [0.15, 0.2) is 6.20 Å². The number of hydrogen-bond acceptors (Lipinski definition) is 2. The van der Waals surface area contributed by atoms with Gasteiger partial charge in [0.1, 0.15) is 7.85 Å². The second-order valence-corrected chi connectivity index (χ2v) is 6.63. The van der Waals surface area contributed by atoms with Crippen molar-refractivity contribution in [3.63, 3.8) is 0 Å². The molecule has 1 rings (SSSR count). The van der Waals surface area contributed by atoms with Gasteiger partial charge in [0.05, 0.1) is 5.01 Å². The van der Waals surface area contributed by atoms with Gasteiger partial charge in [-0.15, -0.1) is 11.3 Å². The Balaban J connectivity index is 2.61. The molecule has 1 nitrogen and oxygen atoms in total. The monoisotopic (exact) mass is 251 g/mol. The Morgan fingerprint density at radius 2 is 1.94 bits per heavy atom. The first kappa shape index (κ1) is 14.8. The second kappa shape index (κ2) is 7.20. The van der Waals surface area contributed by atoms with Crippen molar-refractivity contribution in [1.82, 2.24) is 4.98 Å². The number of aryl methyl sites for hydroxylation is 1. The van der Waals surface area contributed by atoms with E-state index in [0.717, 1.165) is 0 Å². The number of nitrogens with zero attached hydrogens (tertiary/aromatic N) is 1. The van der Waals surface area contributed by atoms with Crippen LogP contribution in [0.5, 0.6) is 0 Å². The van der Waals surface area contributed by atoms with Crippen LogP contribution >= 0.6 is 11.3 Å². The molecule has 0 amide bonds. The van der Waals surface area contributed by atoms with Gasteiger partial charge in [0.2, 0.25) is 0 Å². The SMILES string of the molecule is BC(CCC)(CCCCCC)c1ncc(C)s1. The Hall–Kier alpha value is -0.305. The highest BCUT2D eigenvalue weighted by atomic mass is 32.1. The van der Waals surface area contributed by atoms with Crippen molar-refractivity contribution in [2.24, 2.45) is 0 Å². The predicted octanol–water partition coefficient (Wildman–Crippen LogP) is 4.05. The number of rotatable bonds is 8. The summed E-state index contributed by atoms with van der Waals surface area (Å²) in [6.45, 7) is 6.71. The molecule has 0 bridgehead atoms. The van der Waals surface area contributed by atoms with E-state index in [1.807, 2.05) is 17.5 Å². The zero-order valence-corrected chi connectivity index (χ0v) is 12.7. The first-order valence-corrected chi connectivity index (χ1v) is 7.87. The number of thiazole rings is 1. The van der Waals surface area contributed by atoms with E-state index in [9.17, 15) is 0 Å². The number of unbranched alkanes of at least 4 members (excludes halogenated alkanes) is 3. The van der Waals surface area contributed by atoms with Gasteiger partial charge >= 0.3 is 0 Å². The molecule has 0 N–H and O–H groups in total. The molecule has 0 fully saturated rings. The highest BCUT2D eigenvalue weighted by molar-refractivity contribution is 7.11. The van der Waals surface area contributed by atoms with Gasteiger partial charge in [-0.2, -0.15) is 0 Å². The maximum absolute atomic E-state index is 4.62. The Morgan fingerprint density at radius 1 is 1.18 bits per heavy atom. The van der Waals surface area contributed by atoms with E-state index in [2.05, 4.69) is 33.6 Å². The summed E-state index contributed by atoms with van der Waals surface area (Å²) in [6.07, 6.45) is 11.3. The minimum atomic E-state index is 0.321. The molecule has 1 unspecified atom stereocenters. The van der Waals surface area contributed by atoms with Crippen LogP contribution in [-0.4, -0.2) is 12.8 Å². The minimum Gasteiger partial charge on any atom is -0.250 e. The van der Waals surface area contributed by atoms with Crippen molar-refractivity contribution in [2.75, 3.05) is 0 Å². The molecule has 1 aromatic rings. The highest BCUT2D eigenvalue weighted by Gasteiger charge is 2.28. The lowest BCUT2D eigenvalue weighted by molar-refractivity contribution is 0.468. The number of hydrogen-bond donors (Lipinski definition) is 0. The molecule has 0 saturated heterocycles. The molecule has 0 saturated carbocycles. The van der Waals surface area contributed by atoms with E-state index in [1.54, 1.807) is 0 Å². The molecule has 1 aromatic heterocycles. The molecule has 0 aliphatic heterocycles. The fourth-order valence-electron chi connectivity index (χ4n) is 2.47. The molecule has 17 heavy (non-hydrogen) atoms. The van der Waals surface area contributed by atoms with Crippen LogP contribution in [0.25, 0.3) is 0 Å². The van der Waals surface area contributed by atoms with Crippen molar-refractivity contribution in [2.45, 2.75) is 71.0 Å². The molecule has 96 valence electrons. The largest absolute Gasteiger partial charge is 0.250 e. The van der Waals surface area contributed by atoms with E-state index in [-0.39, 0.29) is 0 Å². The molecule has 0 aromatic carbocycles. The van der Waals surface area contributed by atoms with Gasteiger partial charge in [-0.3, -0.25) is 0 Å². The fourth-order valence-corrected chi connectivity index (χ4v) is 3.43. The second-order valence-electron chi connectivity index (χ2n) is 5.40. The van der Waals surface area contributed by atoms with Crippen LogP contribution in [0.2, 0.25) is 0 Å². The van der Waals surface area contributed by atoms with Gasteiger partial charge in [0.15, 0.2) is 0 Å². The lowest BCUT2D eigenvalue weighted by Gasteiger charge is -2.27. The van der Waals surface area contributed by atoms with E-state index >= 15 is 0 Å². The summed E-state index contributed by atoms with van der Waals surface area (Å²) in [4.78, 5) is 5.97. The van der Waals surface area contributed by atoms with Gasteiger partial charge in [-0.05, 0) is 25.1 Å². The van der Waals surface area contributed by atoms with Crippen molar-refractivity contribution in [3.8, 4) is 0 Å². The number of aromatic nitrogens is 1. The molecule has 0 aliphatic rings. The van der Waals surface area contributed by atoms with Crippen LogP contribution < -0.4 is 0 Å². The van der Waals surface area contributed by atoms with Crippen molar-refractivity contribution >= 4 is 19.2 Å². The zero-order valence-electron chi connectivity index (χ0n) is 11.9. The standard InChI is InChI=1S/C14H26BNS/c1-4-6-7-8-10-14(15,9-5-2)13-16-11-12(3)17-13/h11H,4-10,15H2,1-3H3. The Kier molecular flexibility index (Phi) is 6.25. The highest BCUT2D eigenvalue weighted by Crippen LogP contribution is 2.34. The predicted molar refractivity (Wildman–Crippen MR) is 80.7 cm³/mol. The van der Waals surface area contributed by atoms with Crippen molar-refractivity contribution in [3.05, 3.63) is 16.1 Å². The van der Waals surface area contributed by atoms with Crippen LogP contribution in [-0.2, 0) is 5.31 Å². The molecule has 0 aliphatic carbocycles. The van der Waals surface area contributed by atoms with E-state index in [4.69, 9.17) is 0 Å². The van der Waals surface area contributed by atoms with Gasteiger partial charge in [-0.25, -0.2) is 4.98 Å². The maximum atomic E-state index is 4.62. The lowest BCUT2D eigenvalue weighted by Crippen LogP contribution is -2.26. The Bertz CT molecular complexity index is 324. The van der Waals surface area contributed by atoms with E-state index < -0.39 is 0 Å². The summed E-state index contributed by atoms with van der Waals surface area (Å²) < 4.78 is 0. The molecule has 0 radical (unpaired) electrons. The molecule has 1 heterocycles. The maximum Gasteiger partial charge on any atom is 0.118 e. The topological polar surface area (TPSA) is 12.9 Å². The average molecular weight is 251 g/mol. The summed E-state index contributed by atoms with van der Waals surface area (Å²) in [5.41, 5.74) is 0. The van der Waals surface area contributed by atoms with Gasteiger partial charge in [-0.1, -0.05) is 46.0 Å². The first-order chi connectivity index (χ1) is 8.12. The molecule has 1 atom stereocenters. The minimum absolute atomic E-state index is 0.321.